The molecule has 4 rings (SSSR count). The van der Waals surface area contributed by atoms with Gasteiger partial charge in [-0.25, -0.2) is 0 Å². The molecular weight excluding hydrogens is 380 g/mol. The summed E-state index contributed by atoms with van der Waals surface area (Å²) < 4.78 is 1.76. The molecule has 1 unspecified atom stereocenters. The zero-order chi connectivity index (χ0) is 21.3. The first-order valence-electron chi connectivity index (χ1n) is 10.7. The second-order valence-corrected chi connectivity index (χ2v) is 8.40. The Bertz CT molecular complexity index is 914. The van der Waals surface area contributed by atoms with Crippen molar-refractivity contribution < 1.29 is 9.59 Å². The largest absolute Gasteiger partial charge is 0.336 e. The van der Waals surface area contributed by atoms with E-state index in [1.807, 2.05) is 41.8 Å². The van der Waals surface area contributed by atoms with Crippen LogP contribution in [0, 0.1) is 13.8 Å². The first-order valence-corrected chi connectivity index (χ1v) is 10.7. The normalized spacial score (nSPS) is 20.0. The lowest BCUT2D eigenvalue weighted by Gasteiger charge is -2.32. The van der Waals surface area contributed by atoms with Gasteiger partial charge in [-0.05, 0) is 51.9 Å². The fourth-order valence-corrected chi connectivity index (χ4v) is 4.35. The summed E-state index contributed by atoms with van der Waals surface area (Å²) in [6.07, 6.45) is 3.51. The molecular formula is C22H30N6O2. The third-order valence-corrected chi connectivity index (χ3v) is 6.13. The Labute approximate surface area is 177 Å². The van der Waals surface area contributed by atoms with Crippen molar-refractivity contribution in [1.29, 1.82) is 0 Å². The lowest BCUT2D eigenvalue weighted by Crippen LogP contribution is -2.47. The third kappa shape index (κ3) is 4.23. The number of carbonyl (C=O) groups is 2. The molecule has 1 atom stereocenters. The van der Waals surface area contributed by atoms with Gasteiger partial charge >= 0.3 is 0 Å². The van der Waals surface area contributed by atoms with E-state index in [0.717, 1.165) is 62.6 Å². The fourth-order valence-electron chi connectivity index (χ4n) is 4.35. The number of amides is 2. The minimum Gasteiger partial charge on any atom is -0.336 e. The molecule has 2 aromatic heterocycles. The summed E-state index contributed by atoms with van der Waals surface area (Å²) in [5.74, 6) is 0.0918. The number of hydrogen-bond donors (Lipinski definition) is 0. The second-order valence-electron chi connectivity index (χ2n) is 8.40. The fraction of sp³-hybridized carbons (Fsp3) is 0.545. The molecule has 0 aromatic carbocycles. The Balaban J connectivity index is 1.43. The molecule has 0 spiro atoms. The van der Waals surface area contributed by atoms with Crippen molar-refractivity contribution in [2.45, 2.75) is 39.3 Å². The van der Waals surface area contributed by atoms with E-state index in [-0.39, 0.29) is 24.4 Å². The monoisotopic (exact) mass is 410 g/mol. The SMILES string of the molecule is Cc1cc(C)n(CC(=O)N2CCCC2c2ccc(C(=O)N3CCN(C)CC3)cn2)n1. The molecule has 8 nitrogen and oxygen atoms in total. The van der Waals surface area contributed by atoms with Crippen LogP contribution in [0.1, 0.15) is 46.3 Å². The maximum atomic E-state index is 12.9. The molecule has 160 valence electrons. The number of nitrogens with zero attached hydrogens (tertiary/aromatic N) is 6. The van der Waals surface area contributed by atoms with Crippen molar-refractivity contribution in [3.05, 3.63) is 47.0 Å². The molecule has 0 radical (unpaired) electrons. The van der Waals surface area contributed by atoms with Crippen LogP contribution in [-0.2, 0) is 11.3 Å². The van der Waals surface area contributed by atoms with E-state index in [1.54, 1.807) is 10.9 Å². The molecule has 2 saturated heterocycles. The highest BCUT2D eigenvalue weighted by Crippen LogP contribution is 2.31. The summed E-state index contributed by atoms with van der Waals surface area (Å²) in [6.45, 7) is 8.15. The first kappa shape index (κ1) is 20.5. The van der Waals surface area contributed by atoms with Crippen LogP contribution in [0.15, 0.2) is 24.4 Å². The van der Waals surface area contributed by atoms with Crippen LogP contribution in [0.3, 0.4) is 0 Å². The highest BCUT2D eigenvalue weighted by atomic mass is 16.2. The Hall–Kier alpha value is -2.74. The van der Waals surface area contributed by atoms with Crippen LogP contribution in [-0.4, -0.2) is 81.1 Å². The molecule has 2 amide bonds. The summed E-state index contributed by atoms with van der Waals surface area (Å²) in [4.78, 5) is 36.3. The molecule has 2 aliphatic rings. The summed E-state index contributed by atoms with van der Waals surface area (Å²) in [7, 11) is 2.07. The Kier molecular flexibility index (Phi) is 5.85. The average molecular weight is 411 g/mol. The number of piperazine rings is 1. The maximum Gasteiger partial charge on any atom is 0.255 e. The Morgan fingerprint density at radius 3 is 2.50 bits per heavy atom. The van der Waals surface area contributed by atoms with Gasteiger partial charge in [-0.3, -0.25) is 19.3 Å². The van der Waals surface area contributed by atoms with Crippen molar-refractivity contribution in [1.82, 2.24) is 29.5 Å². The number of hydrogen-bond acceptors (Lipinski definition) is 5. The molecule has 0 aliphatic carbocycles. The number of pyridine rings is 1. The van der Waals surface area contributed by atoms with Crippen LogP contribution >= 0.6 is 0 Å². The van der Waals surface area contributed by atoms with Gasteiger partial charge in [0, 0.05) is 44.6 Å². The maximum absolute atomic E-state index is 12.9. The summed E-state index contributed by atoms with van der Waals surface area (Å²) in [6, 6.07) is 5.70. The van der Waals surface area contributed by atoms with Crippen molar-refractivity contribution >= 4 is 11.8 Å². The summed E-state index contributed by atoms with van der Waals surface area (Å²) in [5, 5.41) is 4.41. The zero-order valence-corrected chi connectivity index (χ0v) is 18.0. The minimum atomic E-state index is -0.0396. The van der Waals surface area contributed by atoms with Gasteiger partial charge in [0.25, 0.3) is 5.91 Å². The molecule has 4 heterocycles. The van der Waals surface area contributed by atoms with Crippen LogP contribution < -0.4 is 0 Å². The van der Waals surface area contributed by atoms with E-state index >= 15 is 0 Å². The lowest BCUT2D eigenvalue weighted by atomic mass is 10.1. The van der Waals surface area contributed by atoms with Crippen LogP contribution in [0.4, 0.5) is 0 Å². The number of aryl methyl sites for hydroxylation is 2. The highest BCUT2D eigenvalue weighted by molar-refractivity contribution is 5.94. The molecule has 2 fully saturated rings. The van der Waals surface area contributed by atoms with Gasteiger partial charge in [-0.1, -0.05) is 0 Å². The minimum absolute atomic E-state index is 0.0334. The first-order chi connectivity index (χ1) is 14.4. The van der Waals surface area contributed by atoms with Crippen molar-refractivity contribution in [3.8, 4) is 0 Å². The standard InChI is InChI=1S/C22H30N6O2/c1-16-13-17(2)28(24-16)15-21(29)27-8-4-5-20(27)19-7-6-18(14-23-19)22(30)26-11-9-25(3)10-12-26/h6-7,13-14,20H,4-5,8-12,15H2,1-3H3. The molecule has 0 saturated carbocycles. The summed E-state index contributed by atoms with van der Waals surface area (Å²) in [5.41, 5.74) is 3.37. The van der Waals surface area contributed by atoms with Gasteiger partial charge in [0.1, 0.15) is 6.54 Å². The Morgan fingerprint density at radius 2 is 1.87 bits per heavy atom. The number of likely N-dealkylation sites (tertiary alicyclic amines) is 1. The van der Waals surface area contributed by atoms with Crippen molar-refractivity contribution in [2.24, 2.45) is 0 Å². The average Bonchev–Trinajstić information content (AvgIpc) is 3.34. The van der Waals surface area contributed by atoms with E-state index in [2.05, 4.69) is 22.0 Å². The molecule has 30 heavy (non-hydrogen) atoms. The summed E-state index contributed by atoms with van der Waals surface area (Å²) >= 11 is 0. The van der Waals surface area contributed by atoms with E-state index in [1.165, 1.54) is 0 Å². The topological polar surface area (TPSA) is 74.6 Å². The van der Waals surface area contributed by atoms with Crippen LogP contribution in [0.2, 0.25) is 0 Å². The number of likely N-dealkylation sites (N-methyl/N-ethyl adjacent to an activating group) is 1. The lowest BCUT2D eigenvalue weighted by molar-refractivity contribution is -0.133. The zero-order valence-electron chi connectivity index (χ0n) is 18.0. The van der Waals surface area contributed by atoms with E-state index < -0.39 is 0 Å². The van der Waals surface area contributed by atoms with Gasteiger partial charge in [0.15, 0.2) is 0 Å². The van der Waals surface area contributed by atoms with E-state index in [0.29, 0.717) is 5.56 Å². The number of carbonyl (C=O) groups excluding carboxylic acids is 2. The number of rotatable bonds is 4. The Morgan fingerprint density at radius 1 is 1.10 bits per heavy atom. The molecule has 8 heteroatoms. The highest BCUT2D eigenvalue weighted by Gasteiger charge is 2.31. The molecule has 2 aromatic rings. The van der Waals surface area contributed by atoms with E-state index in [9.17, 15) is 9.59 Å². The van der Waals surface area contributed by atoms with Gasteiger partial charge in [0.05, 0.1) is 23.0 Å². The van der Waals surface area contributed by atoms with Crippen LogP contribution in [0.5, 0.6) is 0 Å². The molecule has 0 N–H and O–H groups in total. The third-order valence-electron chi connectivity index (χ3n) is 6.13. The number of aromatic nitrogens is 3. The molecule has 0 bridgehead atoms. The predicted molar refractivity (Wildman–Crippen MR) is 113 cm³/mol. The van der Waals surface area contributed by atoms with Crippen molar-refractivity contribution in [3.63, 3.8) is 0 Å². The van der Waals surface area contributed by atoms with Gasteiger partial charge in [-0.15, -0.1) is 0 Å². The van der Waals surface area contributed by atoms with Gasteiger partial charge < -0.3 is 14.7 Å². The van der Waals surface area contributed by atoms with Gasteiger partial charge in [0.2, 0.25) is 5.91 Å². The molecule has 2 aliphatic heterocycles. The predicted octanol–water partition coefficient (Wildman–Crippen LogP) is 1.65. The van der Waals surface area contributed by atoms with Gasteiger partial charge in [-0.2, -0.15) is 5.10 Å². The van der Waals surface area contributed by atoms with Crippen molar-refractivity contribution in [2.75, 3.05) is 39.8 Å². The smallest absolute Gasteiger partial charge is 0.255 e. The second kappa shape index (κ2) is 8.55. The van der Waals surface area contributed by atoms with Crippen LogP contribution in [0.25, 0.3) is 0 Å². The quantitative estimate of drug-likeness (QED) is 0.766. The van der Waals surface area contributed by atoms with E-state index in [4.69, 9.17) is 0 Å².